The Balaban J connectivity index is 2.83. The SMILES string of the molecule is CCCCCCCCCCCCCOBO. The molecule has 0 aliphatic rings. The van der Waals surface area contributed by atoms with E-state index in [9.17, 15) is 0 Å². The summed E-state index contributed by atoms with van der Waals surface area (Å²) in [6, 6.07) is 0. The quantitative estimate of drug-likeness (QED) is 0.385. The summed E-state index contributed by atoms with van der Waals surface area (Å²) in [4.78, 5) is 0. The predicted octanol–water partition coefficient (Wildman–Crippen LogP) is 3.57. The maximum absolute atomic E-state index is 8.41. The standard InChI is InChI=1S/C13H29BO2/c1-2-3-4-5-6-7-8-9-10-11-12-13-16-14-15/h14-15H,2-13H2,1H3. The van der Waals surface area contributed by atoms with E-state index in [4.69, 9.17) is 9.68 Å². The van der Waals surface area contributed by atoms with Crippen molar-refractivity contribution in [2.24, 2.45) is 0 Å². The number of rotatable bonds is 13. The predicted molar refractivity (Wildman–Crippen MR) is 71.8 cm³/mol. The Kier molecular flexibility index (Phi) is 15.0. The molecule has 0 saturated heterocycles. The van der Waals surface area contributed by atoms with Gasteiger partial charge in [-0.05, 0) is 6.42 Å². The van der Waals surface area contributed by atoms with Crippen molar-refractivity contribution in [3.63, 3.8) is 0 Å². The molecule has 0 aliphatic carbocycles. The zero-order valence-corrected chi connectivity index (χ0v) is 11.0. The van der Waals surface area contributed by atoms with E-state index in [1.165, 1.54) is 64.2 Å². The van der Waals surface area contributed by atoms with Crippen LogP contribution in [0.2, 0.25) is 0 Å². The van der Waals surface area contributed by atoms with Crippen LogP contribution in [0.15, 0.2) is 0 Å². The number of hydrogen-bond acceptors (Lipinski definition) is 2. The first-order chi connectivity index (χ1) is 7.91. The molecule has 1 N–H and O–H groups in total. The van der Waals surface area contributed by atoms with E-state index in [0.29, 0.717) is 6.61 Å². The monoisotopic (exact) mass is 228 g/mol. The molecule has 0 atom stereocenters. The third-order valence-corrected chi connectivity index (χ3v) is 2.98. The van der Waals surface area contributed by atoms with Gasteiger partial charge in [0.15, 0.2) is 0 Å². The van der Waals surface area contributed by atoms with Gasteiger partial charge in [-0.3, -0.25) is 0 Å². The maximum Gasteiger partial charge on any atom is 0.435 e. The third kappa shape index (κ3) is 14.0. The normalized spacial score (nSPS) is 10.6. The van der Waals surface area contributed by atoms with Crippen molar-refractivity contribution in [3.8, 4) is 0 Å². The van der Waals surface area contributed by atoms with Crippen molar-refractivity contribution in [3.05, 3.63) is 0 Å². The fourth-order valence-corrected chi connectivity index (χ4v) is 1.93. The average Bonchev–Trinajstić information content (AvgIpc) is 2.31. The molecule has 0 fully saturated rings. The van der Waals surface area contributed by atoms with E-state index in [1.807, 2.05) is 0 Å². The van der Waals surface area contributed by atoms with Crippen LogP contribution in [0.25, 0.3) is 0 Å². The second-order valence-electron chi connectivity index (χ2n) is 4.57. The molecule has 0 spiro atoms. The first-order valence-corrected chi connectivity index (χ1v) is 7.10. The van der Waals surface area contributed by atoms with Crippen LogP contribution in [0, 0.1) is 0 Å². The summed E-state index contributed by atoms with van der Waals surface area (Å²) in [6.07, 6.45) is 14.9. The van der Waals surface area contributed by atoms with E-state index in [0.717, 1.165) is 6.42 Å². The Hall–Kier alpha value is -0.0151. The molecule has 0 radical (unpaired) electrons. The third-order valence-electron chi connectivity index (χ3n) is 2.98. The number of unbranched alkanes of at least 4 members (excludes halogenated alkanes) is 10. The van der Waals surface area contributed by atoms with Gasteiger partial charge in [-0.1, -0.05) is 71.1 Å². The van der Waals surface area contributed by atoms with E-state index in [2.05, 4.69) is 6.92 Å². The lowest BCUT2D eigenvalue weighted by Gasteiger charge is -2.02. The lowest BCUT2D eigenvalue weighted by molar-refractivity contribution is 0.274. The van der Waals surface area contributed by atoms with E-state index >= 15 is 0 Å². The Morgan fingerprint density at radius 1 is 0.750 bits per heavy atom. The van der Waals surface area contributed by atoms with E-state index in [1.54, 1.807) is 0 Å². The Morgan fingerprint density at radius 3 is 1.62 bits per heavy atom. The van der Waals surface area contributed by atoms with E-state index in [-0.39, 0.29) is 7.69 Å². The summed E-state index contributed by atoms with van der Waals surface area (Å²) in [5.74, 6) is 0. The highest BCUT2D eigenvalue weighted by Gasteiger charge is 1.93. The smallest absolute Gasteiger partial charge is 0.430 e. The van der Waals surface area contributed by atoms with Crippen LogP contribution in [0.3, 0.4) is 0 Å². The van der Waals surface area contributed by atoms with Gasteiger partial charge in [0.25, 0.3) is 0 Å². The summed E-state index contributed by atoms with van der Waals surface area (Å²) in [5, 5.41) is 8.41. The van der Waals surface area contributed by atoms with Gasteiger partial charge in [0, 0.05) is 6.61 Å². The molecule has 0 rings (SSSR count). The molecular formula is C13H29BO2. The van der Waals surface area contributed by atoms with Crippen LogP contribution >= 0.6 is 0 Å². The van der Waals surface area contributed by atoms with Crippen molar-refractivity contribution in [1.82, 2.24) is 0 Å². The van der Waals surface area contributed by atoms with Gasteiger partial charge >= 0.3 is 7.69 Å². The van der Waals surface area contributed by atoms with Gasteiger partial charge < -0.3 is 9.68 Å². The molecule has 3 heteroatoms. The summed E-state index contributed by atoms with van der Waals surface area (Å²) in [6.45, 7) is 2.98. The van der Waals surface area contributed by atoms with Crippen LogP contribution in [0.1, 0.15) is 77.6 Å². The van der Waals surface area contributed by atoms with Gasteiger partial charge in [-0.25, -0.2) is 0 Å². The largest absolute Gasteiger partial charge is 0.435 e. The Morgan fingerprint density at radius 2 is 1.19 bits per heavy atom. The van der Waals surface area contributed by atoms with Crippen LogP contribution < -0.4 is 0 Å². The Labute approximate surface area is 102 Å². The van der Waals surface area contributed by atoms with Crippen LogP contribution in [-0.2, 0) is 4.65 Å². The van der Waals surface area contributed by atoms with Gasteiger partial charge in [-0.2, -0.15) is 0 Å². The lowest BCUT2D eigenvalue weighted by atomic mass is 10.1. The fraction of sp³-hybridized carbons (Fsp3) is 1.00. The van der Waals surface area contributed by atoms with Crippen molar-refractivity contribution >= 4 is 7.69 Å². The summed E-state index contributed by atoms with van der Waals surface area (Å²) >= 11 is 0. The second-order valence-corrected chi connectivity index (χ2v) is 4.57. The molecule has 0 aliphatic heterocycles. The zero-order chi connectivity index (χ0) is 11.9. The lowest BCUT2D eigenvalue weighted by Crippen LogP contribution is -1.98. The summed E-state index contributed by atoms with van der Waals surface area (Å²) in [5.41, 5.74) is 0. The van der Waals surface area contributed by atoms with Crippen molar-refractivity contribution < 1.29 is 9.68 Å². The first kappa shape index (κ1) is 16.0. The highest BCUT2D eigenvalue weighted by molar-refractivity contribution is 6.15. The molecule has 16 heavy (non-hydrogen) atoms. The van der Waals surface area contributed by atoms with Gasteiger partial charge in [0.2, 0.25) is 0 Å². The zero-order valence-electron chi connectivity index (χ0n) is 11.0. The fourth-order valence-electron chi connectivity index (χ4n) is 1.93. The summed E-state index contributed by atoms with van der Waals surface area (Å²) in [7, 11) is -0.127. The average molecular weight is 228 g/mol. The van der Waals surface area contributed by atoms with Crippen LogP contribution in [-0.4, -0.2) is 19.3 Å². The first-order valence-electron chi connectivity index (χ1n) is 7.10. The topological polar surface area (TPSA) is 29.5 Å². The molecule has 0 bridgehead atoms. The van der Waals surface area contributed by atoms with Crippen LogP contribution in [0.4, 0.5) is 0 Å². The minimum Gasteiger partial charge on any atom is -0.430 e. The van der Waals surface area contributed by atoms with Crippen molar-refractivity contribution in [1.29, 1.82) is 0 Å². The molecule has 0 heterocycles. The van der Waals surface area contributed by atoms with Gasteiger partial charge in [-0.15, -0.1) is 0 Å². The Bertz CT molecular complexity index is 107. The molecule has 0 saturated carbocycles. The molecule has 0 aromatic heterocycles. The highest BCUT2D eigenvalue weighted by Crippen LogP contribution is 2.11. The van der Waals surface area contributed by atoms with Gasteiger partial charge in [0.05, 0.1) is 0 Å². The molecule has 0 amide bonds. The number of hydrogen-bond donors (Lipinski definition) is 1. The van der Waals surface area contributed by atoms with Crippen molar-refractivity contribution in [2.45, 2.75) is 77.6 Å². The summed E-state index contributed by atoms with van der Waals surface area (Å²) < 4.78 is 4.87. The molecule has 2 nitrogen and oxygen atoms in total. The second kappa shape index (κ2) is 15.0. The van der Waals surface area contributed by atoms with Crippen molar-refractivity contribution in [2.75, 3.05) is 6.61 Å². The van der Waals surface area contributed by atoms with E-state index < -0.39 is 0 Å². The molecule has 0 aromatic carbocycles. The minimum atomic E-state index is -0.127. The molecule has 0 aromatic rings. The maximum atomic E-state index is 8.41. The molecule has 0 unspecified atom stereocenters. The molecular weight excluding hydrogens is 199 g/mol. The minimum absolute atomic E-state index is 0.127. The van der Waals surface area contributed by atoms with Crippen LogP contribution in [0.5, 0.6) is 0 Å². The highest BCUT2D eigenvalue weighted by atomic mass is 16.5. The molecule has 96 valence electrons. The van der Waals surface area contributed by atoms with Gasteiger partial charge in [0.1, 0.15) is 0 Å².